The van der Waals surface area contributed by atoms with Gasteiger partial charge in [0.15, 0.2) is 0 Å². The fourth-order valence-electron chi connectivity index (χ4n) is 3.40. The van der Waals surface area contributed by atoms with Crippen LogP contribution in [0, 0.1) is 0 Å². The highest BCUT2D eigenvalue weighted by molar-refractivity contribution is 7.18. The number of halogens is 3. The molecule has 1 amide bonds. The summed E-state index contributed by atoms with van der Waals surface area (Å²) in [4.78, 5) is 21.1. The van der Waals surface area contributed by atoms with Gasteiger partial charge in [-0.3, -0.25) is 9.69 Å². The standard InChI is InChI=1S/C22H20F3N3OS/c23-22(24,25)17-5-3-4-16(14-17)8-9-21(29)28-12-10-27(11-13-28)15-20-26-18-6-1-2-7-19(18)30-20/h1-9,14H,10-13,15H2. The highest BCUT2D eigenvalue weighted by Crippen LogP contribution is 2.29. The predicted octanol–water partition coefficient (Wildman–Crippen LogP) is 4.67. The Morgan fingerprint density at radius 3 is 2.57 bits per heavy atom. The Morgan fingerprint density at radius 1 is 1.07 bits per heavy atom. The fraction of sp³-hybridized carbons (Fsp3) is 0.273. The van der Waals surface area contributed by atoms with Gasteiger partial charge in [-0.25, -0.2) is 4.98 Å². The van der Waals surface area contributed by atoms with Crippen molar-refractivity contribution in [2.75, 3.05) is 26.2 Å². The molecule has 4 rings (SSSR count). The molecule has 0 unspecified atom stereocenters. The molecule has 1 saturated heterocycles. The SMILES string of the molecule is O=C(C=Cc1cccc(C(F)(F)F)c1)N1CCN(Cc2nc3ccccc3s2)CC1. The number of benzene rings is 2. The second-order valence-corrected chi connectivity index (χ2v) is 8.25. The summed E-state index contributed by atoms with van der Waals surface area (Å²) in [5.41, 5.74) is 0.638. The summed E-state index contributed by atoms with van der Waals surface area (Å²) in [6.45, 7) is 3.38. The smallest absolute Gasteiger partial charge is 0.337 e. The zero-order valence-electron chi connectivity index (χ0n) is 16.1. The predicted molar refractivity (Wildman–Crippen MR) is 112 cm³/mol. The quantitative estimate of drug-likeness (QED) is 0.563. The van der Waals surface area contributed by atoms with Crippen LogP contribution in [0.5, 0.6) is 0 Å². The van der Waals surface area contributed by atoms with Gasteiger partial charge in [0.25, 0.3) is 0 Å². The van der Waals surface area contributed by atoms with Crippen molar-refractivity contribution >= 4 is 33.5 Å². The average Bonchev–Trinajstić information content (AvgIpc) is 3.14. The summed E-state index contributed by atoms with van der Waals surface area (Å²) in [6.07, 6.45) is -1.61. The van der Waals surface area contributed by atoms with Gasteiger partial charge in [-0.15, -0.1) is 11.3 Å². The van der Waals surface area contributed by atoms with Crippen molar-refractivity contribution in [2.45, 2.75) is 12.7 Å². The maximum Gasteiger partial charge on any atom is 0.416 e. The van der Waals surface area contributed by atoms with Crippen LogP contribution in [0.3, 0.4) is 0 Å². The number of nitrogens with zero attached hydrogens (tertiary/aromatic N) is 3. The van der Waals surface area contributed by atoms with Crippen LogP contribution in [0.25, 0.3) is 16.3 Å². The molecule has 1 aliphatic rings. The first-order valence-corrected chi connectivity index (χ1v) is 10.4. The number of amides is 1. The maximum atomic E-state index is 12.8. The maximum absolute atomic E-state index is 12.8. The third-order valence-corrected chi connectivity index (χ3v) is 6.03. The van der Waals surface area contributed by atoms with E-state index >= 15 is 0 Å². The van der Waals surface area contributed by atoms with E-state index < -0.39 is 11.7 Å². The van der Waals surface area contributed by atoms with Gasteiger partial charge in [0.05, 0.1) is 22.3 Å². The lowest BCUT2D eigenvalue weighted by molar-refractivity contribution is -0.137. The van der Waals surface area contributed by atoms with Crippen molar-refractivity contribution in [3.63, 3.8) is 0 Å². The molecule has 2 heterocycles. The van der Waals surface area contributed by atoms with E-state index in [0.29, 0.717) is 18.7 Å². The van der Waals surface area contributed by atoms with Crippen LogP contribution in [-0.4, -0.2) is 46.9 Å². The molecular weight excluding hydrogens is 411 g/mol. The number of carbonyl (C=O) groups is 1. The summed E-state index contributed by atoms with van der Waals surface area (Å²) in [5, 5.41) is 1.06. The summed E-state index contributed by atoms with van der Waals surface area (Å²) in [5.74, 6) is -0.188. The Kier molecular flexibility index (Phi) is 5.87. The third-order valence-electron chi connectivity index (χ3n) is 5.01. The minimum Gasteiger partial charge on any atom is -0.337 e. The van der Waals surface area contributed by atoms with E-state index in [9.17, 15) is 18.0 Å². The lowest BCUT2D eigenvalue weighted by Crippen LogP contribution is -2.47. The van der Waals surface area contributed by atoms with Crippen molar-refractivity contribution in [1.29, 1.82) is 0 Å². The van der Waals surface area contributed by atoms with E-state index in [4.69, 9.17) is 0 Å². The topological polar surface area (TPSA) is 36.4 Å². The molecule has 0 N–H and O–H groups in total. The van der Waals surface area contributed by atoms with Crippen LogP contribution in [0.2, 0.25) is 0 Å². The molecule has 1 aliphatic heterocycles. The molecule has 3 aromatic rings. The van der Waals surface area contributed by atoms with E-state index in [1.54, 1.807) is 22.3 Å². The highest BCUT2D eigenvalue weighted by atomic mass is 32.1. The number of carbonyl (C=O) groups excluding carboxylic acids is 1. The molecule has 4 nitrogen and oxygen atoms in total. The zero-order valence-corrected chi connectivity index (χ0v) is 16.9. The molecule has 1 aromatic heterocycles. The van der Waals surface area contributed by atoms with Gasteiger partial charge in [0, 0.05) is 32.3 Å². The van der Waals surface area contributed by atoms with Crippen molar-refractivity contribution in [1.82, 2.24) is 14.8 Å². The minimum absolute atomic E-state index is 0.188. The van der Waals surface area contributed by atoms with Crippen LogP contribution in [0.1, 0.15) is 16.1 Å². The Morgan fingerprint density at radius 2 is 1.83 bits per heavy atom. The first-order valence-electron chi connectivity index (χ1n) is 9.59. The molecule has 0 bridgehead atoms. The van der Waals surface area contributed by atoms with Gasteiger partial charge in [0.1, 0.15) is 5.01 Å². The van der Waals surface area contributed by atoms with Crippen LogP contribution in [0.15, 0.2) is 54.6 Å². The molecule has 0 atom stereocenters. The molecule has 0 saturated carbocycles. The number of alkyl halides is 3. The van der Waals surface area contributed by atoms with E-state index in [0.717, 1.165) is 42.3 Å². The number of hydrogen-bond donors (Lipinski definition) is 0. The van der Waals surface area contributed by atoms with Crippen molar-refractivity contribution in [3.05, 3.63) is 70.7 Å². The molecule has 8 heteroatoms. The number of hydrogen-bond acceptors (Lipinski definition) is 4. The van der Waals surface area contributed by atoms with Crippen LogP contribution >= 0.6 is 11.3 Å². The summed E-state index contributed by atoms with van der Waals surface area (Å²) in [6, 6.07) is 13.0. The van der Waals surface area contributed by atoms with E-state index in [1.807, 2.05) is 18.2 Å². The number of para-hydroxylation sites is 1. The number of piperazine rings is 1. The van der Waals surface area contributed by atoms with Gasteiger partial charge in [-0.2, -0.15) is 13.2 Å². The van der Waals surface area contributed by atoms with Gasteiger partial charge in [-0.1, -0.05) is 24.3 Å². The highest BCUT2D eigenvalue weighted by Gasteiger charge is 2.30. The van der Waals surface area contributed by atoms with E-state index in [2.05, 4.69) is 16.0 Å². The van der Waals surface area contributed by atoms with Crippen molar-refractivity contribution in [3.8, 4) is 0 Å². The zero-order chi connectivity index (χ0) is 21.1. The van der Waals surface area contributed by atoms with E-state index in [1.165, 1.54) is 22.9 Å². The third kappa shape index (κ3) is 4.88. The molecule has 156 valence electrons. The Balaban J connectivity index is 1.31. The summed E-state index contributed by atoms with van der Waals surface area (Å²) in [7, 11) is 0. The first-order chi connectivity index (χ1) is 14.4. The summed E-state index contributed by atoms with van der Waals surface area (Å²) < 4.78 is 39.6. The number of thiazole rings is 1. The Bertz CT molecular complexity index is 1040. The molecule has 0 aliphatic carbocycles. The van der Waals surface area contributed by atoms with Gasteiger partial charge in [0.2, 0.25) is 5.91 Å². The molecule has 30 heavy (non-hydrogen) atoms. The van der Waals surface area contributed by atoms with E-state index in [-0.39, 0.29) is 5.91 Å². The normalized spacial score (nSPS) is 15.9. The number of aromatic nitrogens is 1. The fourth-order valence-corrected chi connectivity index (χ4v) is 4.41. The first kappa shape index (κ1) is 20.6. The largest absolute Gasteiger partial charge is 0.416 e. The molecule has 0 radical (unpaired) electrons. The van der Waals surface area contributed by atoms with Gasteiger partial charge < -0.3 is 4.90 Å². The second-order valence-electron chi connectivity index (χ2n) is 7.13. The van der Waals surface area contributed by atoms with Crippen LogP contribution in [-0.2, 0) is 17.5 Å². The van der Waals surface area contributed by atoms with Gasteiger partial charge >= 0.3 is 6.18 Å². The van der Waals surface area contributed by atoms with Crippen molar-refractivity contribution in [2.24, 2.45) is 0 Å². The molecule has 2 aromatic carbocycles. The minimum atomic E-state index is -4.40. The Hall–Kier alpha value is -2.71. The van der Waals surface area contributed by atoms with Crippen LogP contribution in [0.4, 0.5) is 13.2 Å². The average molecular weight is 431 g/mol. The second kappa shape index (κ2) is 8.57. The molecule has 0 spiro atoms. The monoisotopic (exact) mass is 431 g/mol. The van der Waals surface area contributed by atoms with Crippen molar-refractivity contribution < 1.29 is 18.0 Å². The van der Waals surface area contributed by atoms with Crippen LogP contribution < -0.4 is 0 Å². The Labute approximate surface area is 176 Å². The lowest BCUT2D eigenvalue weighted by atomic mass is 10.1. The molecular formula is C22H20F3N3OS. The molecule has 1 fully saturated rings. The number of rotatable bonds is 4. The lowest BCUT2D eigenvalue weighted by Gasteiger charge is -2.33. The summed E-state index contributed by atoms with van der Waals surface area (Å²) >= 11 is 1.68. The number of fused-ring (bicyclic) bond motifs is 1. The van der Waals surface area contributed by atoms with Gasteiger partial charge in [-0.05, 0) is 35.9 Å².